The van der Waals surface area contributed by atoms with Gasteiger partial charge in [0.2, 0.25) is 0 Å². The third-order valence-electron chi connectivity index (χ3n) is 4.27. The van der Waals surface area contributed by atoms with Gasteiger partial charge in [-0.3, -0.25) is 9.59 Å². The summed E-state index contributed by atoms with van der Waals surface area (Å²) in [6.07, 6.45) is 0.681. The van der Waals surface area contributed by atoms with E-state index in [-0.39, 0.29) is 17.0 Å². The highest BCUT2D eigenvalue weighted by atomic mass is 16.5. The van der Waals surface area contributed by atoms with Gasteiger partial charge < -0.3 is 15.0 Å². The summed E-state index contributed by atoms with van der Waals surface area (Å²) in [5.41, 5.74) is 2.33. The standard InChI is InChI=1S/C20H20N2O3/c1-13-16-5-3-4-6-17(16)22-20(24)18(13)19(23)21-12-11-14-7-9-15(25-2)10-8-14/h3-10H,11-12H2,1-2H3,(H,21,23)(H,22,24). The number of H-pyrrole nitrogens is 1. The fourth-order valence-corrected chi connectivity index (χ4v) is 2.88. The van der Waals surface area contributed by atoms with Crippen LogP contribution in [0.5, 0.6) is 5.75 Å². The molecule has 3 aromatic rings. The second-order valence-electron chi connectivity index (χ2n) is 5.85. The van der Waals surface area contributed by atoms with E-state index in [2.05, 4.69) is 10.3 Å². The fraction of sp³-hybridized carbons (Fsp3) is 0.200. The smallest absolute Gasteiger partial charge is 0.261 e. The van der Waals surface area contributed by atoms with Gasteiger partial charge in [0.25, 0.3) is 11.5 Å². The molecule has 0 unspecified atom stereocenters. The van der Waals surface area contributed by atoms with Crippen LogP contribution in [-0.4, -0.2) is 24.5 Å². The predicted octanol–water partition coefficient (Wildman–Crippen LogP) is 2.82. The quantitative estimate of drug-likeness (QED) is 0.752. The van der Waals surface area contributed by atoms with Crippen LogP contribution in [0.4, 0.5) is 0 Å². The number of amides is 1. The summed E-state index contributed by atoms with van der Waals surface area (Å²) in [6.45, 7) is 2.26. The Morgan fingerprint density at radius 2 is 1.84 bits per heavy atom. The Balaban J connectivity index is 1.73. The molecule has 5 nitrogen and oxygen atoms in total. The summed E-state index contributed by atoms with van der Waals surface area (Å²) in [5, 5.41) is 3.71. The van der Waals surface area contributed by atoms with E-state index in [0.717, 1.165) is 22.2 Å². The lowest BCUT2D eigenvalue weighted by Crippen LogP contribution is -2.32. The number of para-hydroxylation sites is 1. The van der Waals surface area contributed by atoms with Crippen molar-refractivity contribution in [3.05, 3.63) is 75.6 Å². The van der Waals surface area contributed by atoms with Crippen LogP contribution in [0, 0.1) is 6.92 Å². The van der Waals surface area contributed by atoms with E-state index in [0.29, 0.717) is 18.5 Å². The van der Waals surface area contributed by atoms with Crippen LogP contribution in [0.1, 0.15) is 21.5 Å². The van der Waals surface area contributed by atoms with Crippen molar-refractivity contribution in [1.29, 1.82) is 0 Å². The number of aromatic nitrogens is 1. The van der Waals surface area contributed by atoms with Gasteiger partial charge in [-0.15, -0.1) is 0 Å². The van der Waals surface area contributed by atoms with Gasteiger partial charge in [-0.1, -0.05) is 30.3 Å². The lowest BCUT2D eigenvalue weighted by molar-refractivity contribution is 0.0952. The SMILES string of the molecule is COc1ccc(CCNC(=O)c2c(C)c3ccccc3[nH]c2=O)cc1. The zero-order chi connectivity index (χ0) is 17.8. The molecule has 1 aromatic heterocycles. The van der Waals surface area contributed by atoms with E-state index in [4.69, 9.17) is 4.74 Å². The second-order valence-corrected chi connectivity index (χ2v) is 5.85. The molecule has 3 rings (SSSR count). The molecule has 2 N–H and O–H groups in total. The van der Waals surface area contributed by atoms with Crippen molar-refractivity contribution in [2.24, 2.45) is 0 Å². The van der Waals surface area contributed by atoms with Crippen LogP contribution < -0.4 is 15.6 Å². The molecule has 0 saturated heterocycles. The summed E-state index contributed by atoms with van der Waals surface area (Å²) in [5.74, 6) is 0.448. The molecule has 1 heterocycles. The number of hydrogen-bond donors (Lipinski definition) is 2. The van der Waals surface area contributed by atoms with Gasteiger partial charge in [-0.25, -0.2) is 0 Å². The molecule has 2 aromatic carbocycles. The molecule has 0 aliphatic rings. The Labute approximate surface area is 145 Å². The van der Waals surface area contributed by atoms with Crippen LogP contribution in [-0.2, 0) is 6.42 Å². The number of fused-ring (bicyclic) bond motifs is 1. The maximum atomic E-state index is 12.5. The van der Waals surface area contributed by atoms with Gasteiger partial charge >= 0.3 is 0 Å². The highest BCUT2D eigenvalue weighted by Crippen LogP contribution is 2.17. The maximum absolute atomic E-state index is 12.5. The summed E-state index contributed by atoms with van der Waals surface area (Å²) in [7, 11) is 1.62. The van der Waals surface area contributed by atoms with Gasteiger partial charge in [-0.2, -0.15) is 0 Å². The van der Waals surface area contributed by atoms with Crippen molar-refractivity contribution < 1.29 is 9.53 Å². The topological polar surface area (TPSA) is 71.2 Å². The summed E-state index contributed by atoms with van der Waals surface area (Å²) in [4.78, 5) is 27.5. The fourth-order valence-electron chi connectivity index (χ4n) is 2.88. The molecule has 0 aliphatic heterocycles. The largest absolute Gasteiger partial charge is 0.497 e. The van der Waals surface area contributed by atoms with E-state index in [9.17, 15) is 9.59 Å². The average Bonchev–Trinajstić information content (AvgIpc) is 2.62. The van der Waals surface area contributed by atoms with Crippen molar-refractivity contribution in [2.45, 2.75) is 13.3 Å². The molecule has 0 radical (unpaired) electrons. The number of aryl methyl sites for hydroxylation is 1. The zero-order valence-electron chi connectivity index (χ0n) is 14.3. The van der Waals surface area contributed by atoms with E-state index in [1.54, 1.807) is 14.0 Å². The van der Waals surface area contributed by atoms with E-state index >= 15 is 0 Å². The summed E-state index contributed by atoms with van der Waals surface area (Å²) >= 11 is 0. The van der Waals surface area contributed by atoms with Crippen molar-refractivity contribution in [2.75, 3.05) is 13.7 Å². The number of ether oxygens (including phenoxy) is 1. The molecule has 0 saturated carbocycles. The number of methoxy groups -OCH3 is 1. The van der Waals surface area contributed by atoms with Gasteiger partial charge in [0.1, 0.15) is 11.3 Å². The van der Waals surface area contributed by atoms with Crippen LogP contribution >= 0.6 is 0 Å². The first-order chi connectivity index (χ1) is 12.1. The number of hydrogen-bond acceptors (Lipinski definition) is 3. The van der Waals surface area contributed by atoms with Crippen molar-refractivity contribution >= 4 is 16.8 Å². The van der Waals surface area contributed by atoms with Gasteiger partial charge in [0, 0.05) is 17.4 Å². The average molecular weight is 336 g/mol. The van der Waals surface area contributed by atoms with Crippen molar-refractivity contribution in [3.8, 4) is 5.75 Å². The summed E-state index contributed by atoms with van der Waals surface area (Å²) in [6, 6.07) is 15.2. The molecule has 0 spiro atoms. The molecule has 5 heteroatoms. The van der Waals surface area contributed by atoms with E-state index in [1.165, 1.54) is 0 Å². The normalized spacial score (nSPS) is 10.6. The lowest BCUT2D eigenvalue weighted by Gasteiger charge is -2.10. The third-order valence-corrected chi connectivity index (χ3v) is 4.27. The highest BCUT2D eigenvalue weighted by molar-refractivity contribution is 5.99. The first-order valence-corrected chi connectivity index (χ1v) is 8.13. The maximum Gasteiger partial charge on any atom is 0.261 e. The first kappa shape index (κ1) is 16.8. The zero-order valence-corrected chi connectivity index (χ0v) is 14.3. The highest BCUT2D eigenvalue weighted by Gasteiger charge is 2.16. The van der Waals surface area contributed by atoms with E-state index < -0.39 is 0 Å². The Hall–Kier alpha value is -3.08. The monoisotopic (exact) mass is 336 g/mol. The first-order valence-electron chi connectivity index (χ1n) is 8.13. The minimum Gasteiger partial charge on any atom is -0.497 e. The molecule has 0 atom stereocenters. The van der Waals surface area contributed by atoms with Gasteiger partial charge in [-0.05, 0) is 42.7 Å². The van der Waals surface area contributed by atoms with Crippen LogP contribution in [0.15, 0.2) is 53.3 Å². The van der Waals surface area contributed by atoms with Crippen molar-refractivity contribution in [3.63, 3.8) is 0 Å². The Kier molecular flexibility index (Phi) is 4.84. The number of rotatable bonds is 5. The lowest BCUT2D eigenvalue weighted by atomic mass is 10.0. The molecule has 25 heavy (non-hydrogen) atoms. The minimum atomic E-state index is -0.363. The van der Waals surface area contributed by atoms with Crippen LogP contribution in [0.25, 0.3) is 10.9 Å². The number of carbonyl (C=O) groups is 1. The molecular weight excluding hydrogens is 316 g/mol. The number of aromatic amines is 1. The third kappa shape index (κ3) is 3.55. The minimum absolute atomic E-state index is 0.174. The molecule has 128 valence electrons. The number of nitrogens with one attached hydrogen (secondary N) is 2. The molecule has 0 bridgehead atoms. The van der Waals surface area contributed by atoms with Gasteiger partial charge in [0.15, 0.2) is 0 Å². The predicted molar refractivity (Wildman–Crippen MR) is 98.3 cm³/mol. The van der Waals surface area contributed by atoms with Crippen molar-refractivity contribution in [1.82, 2.24) is 10.3 Å². The molecular formula is C20H20N2O3. The second kappa shape index (κ2) is 7.21. The number of benzene rings is 2. The van der Waals surface area contributed by atoms with Gasteiger partial charge in [0.05, 0.1) is 7.11 Å². The Morgan fingerprint density at radius 3 is 2.56 bits per heavy atom. The van der Waals surface area contributed by atoms with Crippen LogP contribution in [0.3, 0.4) is 0 Å². The number of carbonyl (C=O) groups excluding carboxylic acids is 1. The van der Waals surface area contributed by atoms with Crippen LogP contribution in [0.2, 0.25) is 0 Å². The number of pyridine rings is 1. The van der Waals surface area contributed by atoms with E-state index in [1.807, 2.05) is 48.5 Å². The molecule has 0 aliphatic carbocycles. The molecule has 0 fully saturated rings. The Bertz CT molecular complexity index is 959. The molecule has 1 amide bonds. The summed E-state index contributed by atoms with van der Waals surface area (Å²) < 4.78 is 5.12. The Morgan fingerprint density at radius 1 is 1.12 bits per heavy atom.